The van der Waals surface area contributed by atoms with Gasteiger partial charge < -0.3 is 0 Å². The van der Waals surface area contributed by atoms with Crippen LogP contribution in [0.2, 0.25) is 0 Å². The van der Waals surface area contributed by atoms with E-state index in [1.807, 2.05) is 0 Å². The molecule has 0 aromatic rings. The van der Waals surface area contributed by atoms with E-state index in [2.05, 4.69) is 0 Å². The van der Waals surface area contributed by atoms with Crippen LogP contribution in [0, 0.1) is 17.8 Å². The summed E-state index contributed by atoms with van der Waals surface area (Å²) in [5, 5.41) is 0. The molecule has 2 saturated carbocycles. The third kappa shape index (κ3) is 5.47. The summed E-state index contributed by atoms with van der Waals surface area (Å²) < 4.78 is 11.4. The quantitative estimate of drug-likeness (QED) is 0.553. The Morgan fingerprint density at radius 2 is 1.00 bits per heavy atom. The van der Waals surface area contributed by atoms with Crippen LogP contribution in [0.4, 0.5) is 0 Å². The lowest BCUT2D eigenvalue weighted by molar-refractivity contribution is 0.180. The van der Waals surface area contributed by atoms with Crippen molar-refractivity contribution in [1.82, 2.24) is 0 Å². The van der Waals surface area contributed by atoms with E-state index in [1.165, 1.54) is 89.9 Å². The molecule has 1 atom stereocenters. The molecule has 0 amide bonds. The van der Waals surface area contributed by atoms with E-state index in [-0.39, 0.29) is 8.46 Å². The second-order valence-corrected chi connectivity index (χ2v) is 7.92. The molecule has 2 aliphatic carbocycles. The molecule has 2 rings (SSSR count). The minimum absolute atomic E-state index is 0.0712. The average molecular weight is 297 g/mol. The Hall–Kier alpha value is 0.100. The summed E-state index contributed by atoms with van der Waals surface area (Å²) in [5.74, 6) is 2.56. The van der Waals surface area contributed by atoms with Crippen molar-refractivity contribution in [2.75, 3.05) is 6.16 Å². The molecule has 2 fully saturated rings. The van der Waals surface area contributed by atoms with Crippen LogP contribution in [0.3, 0.4) is 0 Å². The summed E-state index contributed by atoms with van der Waals surface area (Å²) in [6.07, 6.45) is 21.0. The first kappa shape index (κ1) is 16.5. The zero-order valence-corrected chi connectivity index (χ0v) is 14.2. The van der Waals surface area contributed by atoms with Crippen molar-refractivity contribution in [3.8, 4) is 0 Å². The molecule has 0 spiro atoms. The Balaban J connectivity index is 1.96. The number of rotatable bonds is 4. The number of hydrogen-bond acceptors (Lipinski definition) is 1. The van der Waals surface area contributed by atoms with E-state index in [0.29, 0.717) is 0 Å². The normalized spacial score (nSPS) is 25.1. The lowest BCUT2D eigenvalue weighted by Gasteiger charge is -2.33. The van der Waals surface area contributed by atoms with E-state index in [9.17, 15) is 4.57 Å². The first-order valence-corrected chi connectivity index (χ1v) is 10.4. The highest BCUT2D eigenvalue weighted by molar-refractivity contribution is 7.23. The molecule has 0 saturated heterocycles. The van der Waals surface area contributed by atoms with Gasteiger partial charge >= 0.3 is 8.46 Å². The van der Waals surface area contributed by atoms with Crippen LogP contribution in [0.5, 0.6) is 0 Å². The lowest BCUT2D eigenvalue weighted by atomic mass is 9.72. The van der Waals surface area contributed by atoms with Crippen LogP contribution in [0.25, 0.3) is 0 Å². The fraction of sp³-hybridized carbons (Fsp3) is 1.00. The van der Waals surface area contributed by atoms with Crippen LogP contribution in [0.15, 0.2) is 0 Å². The highest BCUT2D eigenvalue weighted by atomic mass is 31.1. The highest BCUT2D eigenvalue weighted by Crippen LogP contribution is 2.39. The molecule has 0 N–H and O–H groups in total. The van der Waals surface area contributed by atoms with Gasteiger partial charge in [-0.25, -0.2) is 0 Å². The van der Waals surface area contributed by atoms with Crippen molar-refractivity contribution in [2.45, 2.75) is 89.9 Å². The molecule has 0 aromatic carbocycles. The van der Waals surface area contributed by atoms with Crippen LogP contribution < -0.4 is 0 Å². The summed E-state index contributed by atoms with van der Waals surface area (Å²) in [6, 6.07) is 0. The summed E-state index contributed by atoms with van der Waals surface area (Å²) in [7, 11) is -0.0712. The molecule has 2 aliphatic rings. The molecule has 2 heteroatoms. The standard InChI is InChI=1S/C18H33OP/c19-20-15-18(16-11-7-3-1-4-8-12-16)17-13-9-5-2-6-10-14-17/h16-18H,1-15H2/p+1. The molecule has 1 nitrogen and oxygen atoms in total. The summed E-state index contributed by atoms with van der Waals surface area (Å²) in [5.41, 5.74) is 0. The monoisotopic (exact) mass is 297 g/mol. The Morgan fingerprint density at radius 3 is 1.35 bits per heavy atom. The van der Waals surface area contributed by atoms with E-state index in [0.717, 1.165) is 23.9 Å². The smallest absolute Gasteiger partial charge is 0.0775 e. The first-order chi connectivity index (χ1) is 9.92. The zero-order valence-electron chi connectivity index (χ0n) is 13.2. The lowest BCUT2D eigenvalue weighted by Crippen LogP contribution is -2.27. The Labute approximate surface area is 127 Å². The molecule has 0 bridgehead atoms. The molecular weight excluding hydrogens is 263 g/mol. The molecule has 20 heavy (non-hydrogen) atoms. The summed E-state index contributed by atoms with van der Waals surface area (Å²) in [6.45, 7) is 0. The third-order valence-electron chi connectivity index (χ3n) is 5.83. The van der Waals surface area contributed by atoms with Gasteiger partial charge in [-0.2, -0.15) is 0 Å². The maximum atomic E-state index is 11.4. The summed E-state index contributed by atoms with van der Waals surface area (Å²) >= 11 is 0. The second-order valence-electron chi connectivity index (χ2n) is 7.22. The third-order valence-corrected chi connectivity index (χ3v) is 6.47. The van der Waals surface area contributed by atoms with Gasteiger partial charge in [-0.1, -0.05) is 94.5 Å². The van der Waals surface area contributed by atoms with Gasteiger partial charge in [-0.3, -0.25) is 0 Å². The first-order valence-electron chi connectivity index (χ1n) is 9.27. The van der Waals surface area contributed by atoms with Gasteiger partial charge in [-0.05, 0) is 11.8 Å². The molecule has 1 unspecified atom stereocenters. The number of hydrogen-bond donors (Lipinski definition) is 0. The zero-order chi connectivity index (χ0) is 14.0. The predicted octanol–water partition coefficient (Wildman–Crippen LogP) is 6.35. The molecule has 0 aliphatic heterocycles. The van der Waals surface area contributed by atoms with Gasteiger partial charge in [0.1, 0.15) is 6.16 Å². The minimum Gasteiger partial charge on any atom is -0.0775 e. The topological polar surface area (TPSA) is 17.1 Å². The van der Waals surface area contributed by atoms with E-state index < -0.39 is 0 Å². The molecule has 0 radical (unpaired) electrons. The van der Waals surface area contributed by atoms with Crippen molar-refractivity contribution in [1.29, 1.82) is 0 Å². The molecular formula is C18H34OP+. The Bertz CT molecular complexity index is 228. The molecule has 0 aromatic heterocycles. The van der Waals surface area contributed by atoms with Crippen LogP contribution in [-0.2, 0) is 4.57 Å². The summed E-state index contributed by atoms with van der Waals surface area (Å²) in [4.78, 5) is 0. The van der Waals surface area contributed by atoms with Crippen molar-refractivity contribution in [3.05, 3.63) is 0 Å². The maximum absolute atomic E-state index is 11.4. The van der Waals surface area contributed by atoms with Gasteiger partial charge in [0.05, 0.1) is 0 Å². The highest BCUT2D eigenvalue weighted by Gasteiger charge is 2.31. The second kappa shape index (κ2) is 9.93. The Kier molecular flexibility index (Phi) is 8.18. The van der Waals surface area contributed by atoms with E-state index in [1.54, 1.807) is 0 Å². The minimum atomic E-state index is -0.0712. The van der Waals surface area contributed by atoms with Crippen molar-refractivity contribution in [3.63, 3.8) is 0 Å². The Morgan fingerprint density at radius 1 is 0.650 bits per heavy atom. The van der Waals surface area contributed by atoms with Gasteiger partial charge in [0.25, 0.3) is 0 Å². The van der Waals surface area contributed by atoms with Gasteiger partial charge in [0.2, 0.25) is 0 Å². The van der Waals surface area contributed by atoms with Gasteiger partial charge in [-0.15, -0.1) is 0 Å². The van der Waals surface area contributed by atoms with Crippen LogP contribution in [-0.4, -0.2) is 6.16 Å². The maximum Gasteiger partial charge on any atom is 0.325 e. The van der Waals surface area contributed by atoms with Crippen molar-refractivity contribution < 1.29 is 4.57 Å². The fourth-order valence-electron chi connectivity index (χ4n) is 4.65. The van der Waals surface area contributed by atoms with Crippen LogP contribution >= 0.6 is 8.46 Å². The average Bonchev–Trinajstić information content (AvgIpc) is 2.36. The van der Waals surface area contributed by atoms with Crippen LogP contribution in [0.1, 0.15) is 89.9 Å². The van der Waals surface area contributed by atoms with Crippen molar-refractivity contribution >= 4 is 8.46 Å². The van der Waals surface area contributed by atoms with E-state index in [4.69, 9.17) is 0 Å². The van der Waals surface area contributed by atoms with E-state index >= 15 is 0 Å². The van der Waals surface area contributed by atoms with Gasteiger partial charge in [0.15, 0.2) is 0 Å². The molecule has 0 heterocycles. The SMILES string of the molecule is O=[PH+]CC(C1CCCCCCC1)C1CCCCCCC1. The molecule has 116 valence electrons. The predicted molar refractivity (Wildman–Crippen MR) is 89.0 cm³/mol. The largest absolute Gasteiger partial charge is 0.325 e. The fourth-order valence-corrected chi connectivity index (χ4v) is 5.51. The van der Waals surface area contributed by atoms with Gasteiger partial charge in [0, 0.05) is 5.92 Å². The van der Waals surface area contributed by atoms with Crippen molar-refractivity contribution in [2.24, 2.45) is 17.8 Å².